The third-order valence-corrected chi connectivity index (χ3v) is 6.22. The van der Waals surface area contributed by atoms with Gasteiger partial charge in [-0.25, -0.2) is 0 Å². The van der Waals surface area contributed by atoms with Crippen molar-refractivity contribution < 1.29 is 13.0 Å². The van der Waals surface area contributed by atoms with Crippen LogP contribution in [0.3, 0.4) is 0 Å². The number of hydrogen-bond acceptors (Lipinski definition) is 2. The molecule has 2 aromatic carbocycles. The van der Waals surface area contributed by atoms with Gasteiger partial charge in [-0.3, -0.25) is 4.55 Å². The molecule has 0 saturated carbocycles. The number of benzene rings is 2. The van der Waals surface area contributed by atoms with E-state index in [9.17, 15) is 13.0 Å². The van der Waals surface area contributed by atoms with Crippen LogP contribution in [0, 0.1) is 27.7 Å². The lowest BCUT2D eigenvalue weighted by molar-refractivity contribution is 0.452. The Morgan fingerprint density at radius 2 is 1.18 bits per heavy atom. The maximum absolute atomic E-state index is 12.3. The first kappa shape index (κ1) is 16.7. The van der Waals surface area contributed by atoms with Crippen molar-refractivity contribution in [2.24, 2.45) is 0 Å². The molecule has 1 N–H and O–H groups in total. The van der Waals surface area contributed by atoms with Gasteiger partial charge in [0.15, 0.2) is 0 Å². The molecule has 0 aliphatic carbocycles. The summed E-state index contributed by atoms with van der Waals surface area (Å²) in [5.41, 5.74) is 4.98. The molecule has 0 saturated heterocycles. The van der Waals surface area contributed by atoms with Gasteiger partial charge in [0.2, 0.25) is 0 Å². The maximum Gasteiger partial charge on any atom is 0.278 e. The average molecular weight is 318 g/mol. The topological polar surface area (TPSA) is 54.4 Å². The minimum atomic E-state index is -4.35. The van der Waals surface area contributed by atoms with E-state index in [1.54, 1.807) is 19.1 Å². The van der Waals surface area contributed by atoms with E-state index >= 15 is 0 Å². The molecule has 118 valence electrons. The summed E-state index contributed by atoms with van der Waals surface area (Å²) < 4.78 is 33.2. The third-order valence-electron chi connectivity index (χ3n) is 4.75. The molecule has 0 spiro atoms. The molecule has 0 heterocycles. The normalized spacial score (nSPS) is 12.5. The Labute approximate surface area is 132 Å². The lowest BCUT2D eigenvalue weighted by atomic mass is 9.84. The molecule has 22 heavy (non-hydrogen) atoms. The minimum Gasteiger partial charge on any atom is -0.285 e. The van der Waals surface area contributed by atoms with Crippen LogP contribution in [0.1, 0.15) is 40.3 Å². The lowest BCUT2D eigenvalue weighted by Crippen LogP contribution is -2.35. The van der Waals surface area contributed by atoms with Crippen LogP contribution in [0.15, 0.2) is 36.4 Å². The lowest BCUT2D eigenvalue weighted by Gasteiger charge is -2.31. The van der Waals surface area contributed by atoms with Crippen molar-refractivity contribution in [3.8, 4) is 0 Å². The van der Waals surface area contributed by atoms with Gasteiger partial charge >= 0.3 is 0 Å². The maximum atomic E-state index is 12.3. The number of rotatable bonds is 3. The number of aryl methyl sites for hydroxylation is 2. The van der Waals surface area contributed by atoms with Crippen LogP contribution in [-0.4, -0.2) is 13.0 Å². The zero-order valence-electron chi connectivity index (χ0n) is 13.6. The predicted molar refractivity (Wildman–Crippen MR) is 89.8 cm³/mol. The molecule has 0 atom stereocenters. The SMILES string of the molecule is Cc1cccc(C(C)(c2cccc(C)c2C)S(=O)(=O)O)c1C. The van der Waals surface area contributed by atoms with Crippen molar-refractivity contribution in [2.45, 2.75) is 39.4 Å². The highest BCUT2D eigenvalue weighted by molar-refractivity contribution is 7.87. The Morgan fingerprint density at radius 3 is 1.50 bits per heavy atom. The number of hydrogen-bond donors (Lipinski definition) is 1. The molecular weight excluding hydrogens is 296 g/mol. The molecule has 0 aliphatic rings. The largest absolute Gasteiger partial charge is 0.285 e. The molecule has 0 radical (unpaired) electrons. The van der Waals surface area contributed by atoms with E-state index < -0.39 is 14.9 Å². The second kappa shape index (κ2) is 5.52. The summed E-state index contributed by atoms with van der Waals surface area (Å²) in [5.74, 6) is 0. The first-order valence-electron chi connectivity index (χ1n) is 7.21. The standard InChI is InChI=1S/C18H22O3S/c1-12-8-6-10-16(14(12)3)18(5,22(19,20)21)17-11-7-9-13(2)15(17)4/h6-11H,1-5H3,(H,19,20,21). The van der Waals surface area contributed by atoms with Crippen LogP contribution in [0.4, 0.5) is 0 Å². The average Bonchev–Trinajstić information content (AvgIpc) is 2.43. The highest BCUT2D eigenvalue weighted by atomic mass is 32.2. The molecule has 4 heteroatoms. The predicted octanol–water partition coefficient (Wildman–Crippen LogP) is 4.07. The van der Waals surface area contributed by atoms with Crippen molar-refractivity contribution in [2.75, 3.05) is 0 Å². The highest BCUT2D eigenvalue weighted by Crippen LogP contribution is 2.41. The Balaban J connectivity index is 2.92. The van der Waals surface area contributed by atoms with E-state index in [2.05, 4.69) is 0 Å². The fourth-order valence-electron chi connectivity index (χ4n) is 2.96. The molecule has 2 rings (SSSR count). The van der Waals surface area contributed by atoms with Crippen LogP contribution in [-0.2, 0) is 14.9 Å². The van der Waals surface area contributed by atoms with E-state index in [0.29, 0.717) is 11.1 Å². The van der Waals surface area contributed by atoms with Crippen molar-refractivity contribution in [3.05, 3.63) is 69.8 Å². The molecule has 0 aromatic heterocycles. The molecule has 2 aromatic rings. The van der Waals surface area contributed by atoms with Gasteiger partial charge in [0.05, 0.1) is 0 Å². The quantitative estimate of drug-likeness (QED) is 0.868. The molecule has 0 aliphatic heterocycles. The van der Waals surface area contributed by atoms with Crippen molar-refractivity contribution in [1.29, 1.82) is 0 Å². The Hall–Kier alpha value is -1.65. The first-order chi connectivity index (χ1) is 10.1. The summed E-state index contributed by atoms with van der Waals surface area (Å²) in [6.07, 6.45) is 0. The molecule has 0 unspecified atom stereocenters. The van der Waals surface area contributed by atoms with Crippen LogP contribution >= 0.6 is 0 Å². The van der Waals surface area contributed by atoms with Crippen LogP contribution in [0.2, 0.25) is 0 Å². The van der Waals surface area contributed by atoms with Crippen molar-refractivity contribution in [3.63, 3.8) is 0 Å². The Kier molecular flexibility index (Phi) is 4.20. The van der Waals surface area contributed by atoms with Gasteiger partial charge in [0, 0.05) is 0 Å². The second-order valence-electron chi connectivity index (χ2n) is 6.00. The fourth-order valence-corrected chi connectivity index (χ4v) is 3.96. The van der Waals surface area contributed by atoms with Gasteiger partial charge in [-0.05, 0) is 68.0 Å². The summed E-state index contributed by atoms with van der Waals surface area (Å²) in [6.45, 7) is 9.23. The molecule has 3 nitrogen and oxygen atoms in total. The van der Waals surface area contributed by atoms with E-state index in [4.69, 9.17) is 0 Å². The molecule has 0 fully saturated rings. The van der Waals surface area contributed by atoms with E-state index in [0.717, 1.165) is 22.3 Å². The van der Waals surface area contributed by atoms with Gasteiger partial charge in [-0.2, -0.15) is 8.42 Å². The van der Waals surface area contributed by atoms with Gasteiger partial charge in [0.25, 0.3) is 10.1 Å². The third kappa shape index (κ3) is 2.46. The summed E-state index contributed by atoms with van der Waals surface area (Å²) in [7, 11) is -4.35. The monoisotopic (exact) mass is 318 g/mol. The van der Waals surface area contributed by atoms with Gasteiger partial charge in [-0.1, -0.05) is 36.4 Å². The Bertz CT molecular complexity index is 769. The summed E-state index contributed by atoms with van der Waals surface area (Å²) >= 11 is 0. The summed E-state index contributed by atoms with van der Waals surface area (Å²) in [6, 6.07) is 11.1. The van der Waals surface area contributed by atoms with Crippen molar-refractivity contribution in [1.82, 2.24) is 0 Å². The zero-order valence-corrected chi connectivity index (χ0v) is 14.5. The van der Waals surface area contributed by atoms with Gasteiger partial charge in [-0.15, -0.1) is 0 Å². The molecule has 0 bridgehead atoms. The van der Waals surface area contributed by atoms with Crippen molar-refractivity contribution >= 4 is 10.1 Å². The highest BCUT2D eigenvalue weighted by Gasteiger charge is 2.44. The van der Waals surface area contributed by atoms with Gasteiger partial charge < -0.3 is 0 Å². The summed E-state index contributed by atoms with van der Waals surface area (Å²) in [4.78, 5) is 0. The van der Waals surface area contributed by atoms with E-state index in [-0.39, 0.29) is 0 Å². The van der Waals surface area contributed by atoms with Gasteiger partial charge in [0.1, 0.15) is 4.75 Å². The van der Waals surface area contributed by atoms with E-state index in [1.807, 2.05) is 52.0 Å². The Morgan fingerprint density at radius 1 is 0.818 bits per heavy atom. The molecule has 0 amide bonds. The van der Waals surface area contributed by atoms with Crippen LogP contribution < -0.4 is 0 Å². The fraction of sp³-hybridized carbons (Fsp3) is 0.333. The molecular formula is C18H22O3S. The smallest absolute Gasteiger partial charge is 0.278 e. The minimum absolute atomic E-state index is 0.615. The van der Waals surface area contributed by atoms with Crippen LogP contribution in [0.25, 0.3) is 0 Å². The summed E-state index contributed by atoms with van der Waals surface area (Å²) in [5, 5.41) is 0. The zero-order chi connectivity index (χ0) is 16.7. The van der Waals surface area contributed by atoms with Crippen LogP contribution in [0.5, 0.6) is 0 Å². The second-order valence-corrected chi connectivity index (χ2v) is 7.77. The first-order valence-corrected chi connectivity index (χ1v) is 8.65. The van der Waals surface area contributed by atoms with E-state index in [1.165, 1.54) is 0 Å².